The molecule has 5 heteroatoms. The maximum Gasteiger partial charge on any atom is 0.241 e. The zero-order chi connectivity index (χ0) is 15.1. The Labute approximate surface area is 121 Å². The van der Waals surface area contributed by atoms with Gasteiger partial charge in [-0.2, -0.15) is 0 Å². The number of aryl methyl sites for hydroxylation is 2. The summed E-state index contributed by atoms with van der Waals surface area (Å²) in [6.07, 6.45) is 2.85. The minimum Gasteiger partial charge on any atom is -0.399 e. The average molecular weight is 296 g/mol. The van der Waals surface area contributed by atoms with Crippen LogP contribution >= 0.6 is 0 Å². The van der Waals surface area contributed by atoms with Crippen molar-refractivity contribution in [3.63, 3.8) is 0 Å². The standard InChI is InChI=1S/C15H24N2O2S/c1-10-7-12(16)8-11(2)14(10)20(18,19)17-13-5-6-15(3,4)9-13/h7-8,13,17H,5-6,9,16H2,1-4H3. The average Bonchev–Trinajstić information content (AvgIpc) is 2.54. The quantitative estimate of drug-likeness (QED) is 0.842. The van der Waals surface area contributed by atoms with Crippen LogP contribution in [0.25, 0.3) is 0 Å². The molecular weight excluding hydrogens is 272 g/mol. The third-order valence-corrected chi connectivity index (χ3v) is 5.87. The number of nitrogens with two attached hydrogens (primary N) is 1. The van der Waals surface area contributed by atoms with Crippen molar-refractivity contribution in [1.82, 2.24) is 4.72 Å². The highest BCUT2D eigenvalue weighted by molar-refractivity contribution is 7.89. The first-order valence-corrected chi connectivity index (χ1v) is 8.48. The summed E-state index contributed by atoms with van der Waals surface area (Å²) >= 11 is 0. The van der Waals surface area contributed by atoms with Crippen molar-refractivity contribution in [1.29, 1.82) is 0 Å². The normalized spacial score (nSPS) is 22.1. The maximum absolute atomic E-state index is 12.6. The Kier molecular flexibility index (Phi) is 3.86. The molecule has 1 unspecified atom stereocenters. The Bertz CT molecular complexity index is 598. The van der Waals surface area contributed by atoms with Crippen LogP contribution in [0.4, 0.5) is 5.69 Å². The lowest BCUT2D eigenvalue weighted by atomic mass is 9.92. The Morgan fingerprint density at radius 2 is 1.80 bits per heavy atom. The van der Waals surface area contributed by atoms with Crippen LogP contribution < -0.4 is 10.5 Å². The smallest absolute Gasteiger partial charge is 0.241 e. The maximum atomic E-state index is 12.6. The molecule has 1 fully saturated rings. The van der Waals surface area contributed by atoms with Crippen molar-refractivity contribution < 1.29 is 8.42 Å². The van der Waals surface area contributed by atoms with Gasteiger partial charge in [0.15, 0.2) is 0 Å². The van der Waals surface area contributed by atoms with Gasteiger partial charge in [0.05, 0.1) is 4.90 Å². The number of rotatable bonds is 3. The van der Waals surface area contributed by atoms with E-state index < -0.39 is 10.0 Å². The Balaban J connectivity index is 2.28. The topological polar surface area (TPSA) is 72.2 Å². The fourth-order valence-corrected chi connectivity index (χ4v) is 4.95. The highest BCUT2D eigenvalue weighted by Gasteiger charge is 2.34. The molecular formula is C15H24N2O2S. The molecule has 3 N–H and O–H groups in total. The fraction of sp³-hybridized carbons (Fsp3) is 0.600. The second kappa shape index (κ2) is 5.04. The number of nitrogen functional groups attached to an aromatic ring is 1. The lowest BCUT2D eigenvalue weighted by molar-refractivity contribution is 0.372. The first-order chi connectivity index (χ1) is 9.11. The minimum atomic E-state index is -3.48. The number of nitrogens with one attached hydrogen (secondary N) is 1. The summed E-state index contributed by atoms with van der Waals surface area (Å²) in [5, 5.41) is 0. The van der Waals surface area contributed by atoms with Gasteiger partial charge in [-0.15, -0.1) is 0 Å². The van der Waals surface area contributed by atoms with E-state index in [9.17, 15) is 8.42 Å². The van der Waals surface area contributed by atoms with Gasteiger partial charge in [-0.3, -0.25) is 0 Å². The van der Waals surface area contributed by atoms with E-state index in [1.54, 1.807) is 26.0 Å². The molecule has 0 radical (unpaired) electrons. The zero-order valence-corrected chi connectivity index (χ0v) is 13.5. The van der Waals surface area contributed by atoms with Gasteiger partial charge in [0.1, 0.15) is 0 Å². The molecule has 20 heavy (non-hydrogen) atoms. The minimum absolute atomic E-state index is 0.0337. The third-order valence-electron chi connectivity index (χ3n) is 4.04. The summed E-state index contributed by atoms with van der Waals surface area (Å²) in [7, 11) is -3.48. The van der Waals surface area contributed by atoms with Gasteiger partial charge in [-0.1, -0.05) is 13.8 Å². The number of hydrogen-bond acceptors (Lipinski definition) is 3. The first-order valence-electron chi connectivity index (χ1n) is 7.00. The molecule has 1 aliphatic rings. The van der Waals surface area contributed by atoms with Crippen molar-refractivity contribution in [3.05, 3.63) is 23.3 Å². The number of hydrogen-bond donors (Lipinski definition) is 2. The van der Waals surface area contributed by atoms with Crippen LogP contribution in [0.15, 0.2) is 17.0 Å². The largest absolute Gasteiger partial charge is 0.399 e. The molecule has 1 atom stereocenters. The molecule has 0 bridgehead atoms. The molecule has 1 aliphatic carbocycles. The summed E-state index contributed by atoms with van der Waals surface area (Å²) in [6.45, 7) is 7.94. The van der Waals surface area contributed by atoms with Crippen molar-refractivity contribution >= 4 is 15.7 Å². The predicted molar refractivity (Wildman–Crippen MR) is 82.1 cm³/mol. The van der Waals surface area contributed by atoms with Crippen molar-refractivity contribution in [2.45, 2.75) is 57.9 Å². The van der Waals surface area contributed by atoms with E-state index in [0.29, 0.717) is 21.7 Å². The molecule has 4 nitrogen and oxygen atoms in total. The lowest BCUT2D eigenvalue weighted by Gasteiger charge is -2.19. The first kappa shape index (κ1) is 15.3. The second-order valence-corrected chi connectivity index (χ2v) is 8.36. The molecule has 1 aromatic rings. The highest BCUT2D eigenvalue weighted by Crippen LogP contribution is 2.37. The van der Waals surface area contributed by atoms with E-state index in [2.05, 4.69) is 18.6 Å². The van der Waals surface area contributed by atoms with Gasteiger partial charge in [0.25, 0.3) is 0 Å². The van der Waals surface area contributed by atoms with Gasteiger partial charge in [-0.25, -0.2) is 13.1 Å². The van der Waals surface area contributed by atoms with Crippen LogP contribution in [-0.4, -0.2) is 14.5 Å². The summed E-state index contributed by atoms with van der Waals surface area (Å²) < 4.78 is 28.1. The van der Waals surface area contributed by atoms with E-state index in [1.165, 1.54) is 0 Å². The monoisotopic (exact) mass is 296 g/mol. The van der Waals surface area contributed by atoms with Crippen LogP contribution in [0.1, 0.15) is 44.2 Å². The Hall–Kier alpha value is -1.07. The van der Waals surface area contributed by atoms with Gasteiger partial charge in [0.2, 0.25) is 10.0 Å². The van der Waals surface area contributed by atoms with E-state index >= 15 is 0 Å². The molecule has 0 saturated heterocycles. The number of sulfonamides is 1. The molecule has 0 aromatic heterocycles. The summed E-state index contributed by atoms with van der Waals surface area (Å²) in [4.78, 5) is 0.372. The number of anilines is 1. The molecule has 1 aromatic carbocycles. The fourth-order valence-electron chi connectivity index (χ4n) is 3.22. The van der Waals surface area contributed by atoms with Gasteiger partial charge < -0.3 is 5.73 Å². The molecule has 0 heterocycles. The molecule has 2 rings (SSSR count). The molecule has 0 spiro atoms. The molecule has 0 aliphatic heterocycles. The summed E-state index contributed by atoms with van der Waals surface area (Å²) in [5.41, 5.74) is 7.98. The third kappa shape index (κ3) is 3.15. The van der Waals surface area contributed by atoms with Crippen LogP contribution in [-0.2, 0) is 10.0 Å². The molecule has 1 saturated carbocycles. The molecule has 0 amide bonds. The Morgan fingerprint density at radius 3 is 2.25 bits per heavy atom. The predicted octanol–water partition coefficient (Wildman–Crippen LogP) is 2.74. The van der Waals surface area contributed by atoms with Crippen molar-refractivity contribution in [2.24, 2.45) is 5.41 Å². The Morgan fingerprint density at radius 1 is 1.25 bits per heavy atom. The van der Waals surface area contributed by atoms with E-state index in [-0.39, 0.29) is 11.5 Å². The van der Waals surface area contributed by atoms with Crippen molar-refractivity contribution in [2.75, 3.05) is 5.73 Å². The van der Waals surface area contributed by atoms with Crippen LogP contribution in [0.3, 0.4) is 0 Å². The van der Waals surface area contributed by atoms with Crippen molar-refractivity contribution in [3.8, 4) is 0 Å². The van der Waals surface area contributed by atoms with Gasteiger partial charge >= 0.3 is 0 Å². The number of benzene rings is 1. The van der Waals surface area contributed by atoms with Crippen LogP contribution in [0.2, 0.25) is 0 Å². The van der Waals surface area contributed by atoms with Crippen LogP contribution in [0, 0.1) is 19.3 Å². The zero-order valence-electron chi connectivity index (χ0n) is 12.7. The lowest BCUT2D eigenvalue weighted by Crippen LogP contribution is -2.34. The summed E-state index contributed by atoms with van der Waals surface area (Å²) in [6, 6.07) is 3.45. The summed E-state index contributed by atoms with van der Waals surface area (Å²) in [5.74, 6) is 0. The molecule has 112 valence electrons. The second-order valence-electron chi connectivity index (χ2n) is 6.71. The van der Waals surface area contributed by atoms with Gasteiger partial charge in [-0.05, 0) is 61.8 Å². The SMILES string of the molecule is Cc1cc(N)cc(C)c1S(=O)(=O)NC1CCC(C)(C)C1. The highest BCUT2D eigenvalue weighted by atomic mass is 32.2. The van der Waals surface area contributed by atoms with E-state index in [0.717, 1.165) is 19.3 Å². The van der Waals surface area contributed by atoms with Crippen LogP contribution in [0.5, 0.6) is 0 Å². The van der Waals surface area contributed by atoms with E-state index in [1.807, 2.05) is 0 Å². The van der Waals surface area contributed by atoms with E-state index in [4.69, 9.17) is 5.73 Å². The van der Waals surface area contributed by atoms with Gasteiger partial charge in [0, 0.05) is 11.7 Å².